The normalized spacial score (nSPS) is 10.7. The van der Waals surface area contributed by atoms with Gasteiger partial charge in [0, 0.05) is 0 Å². The van der Waals surface area contributed by atoms with Gasteiger partial charge >= 0.3 is 0 Å². The van der Waals surface area contributed by atoms with Crippen molar-refractivity contribution in [2.45, 2.75) is 65.2 Å². The molecule has 0 nitrogen and oxygen atoms in total. The van der Waals surface area contributed by atoms with E-state index in [1.807, 2.05) is 23.5 Å². The van der Waals surface area contributed by atoms with Crippen LogP contribution in [0.2, 0.25) is 0 Å². The van der Waals surface area contributed by atoms with E-state index in [1.165, 1.54) is 51.4 Å². The molecule has 0 atom stereocenters. The average Bonchev–Trinajstić information content (AvgIpc) is 2.44. The minimum atomic E-state index is 1.03. The molecule has 0 aromatic heterocycles. The Kier molecular flexibility index (Phi) is 18.3. The summed E-state index contributed by atoms with van der Waals surface area (Å²) in [7, 11) is 3.33. The average molecular weight is 387 g/mol. The Bertz CT molecular complexity index is 228. The molecule has 0 spiro atoms. The molecule has 0 bridgehead atoms. The minimum absolute atomic E-state index is 1.03. The first kappa shape index (κ1) is 21.6. The number of hydrogen-bond donors (Lipinski definition) is 0. The predicted molar refractivity (Wildman–Crippen MR) is 114 cm³/mol. The van der Waals surface area contributed by atoms with E-state index in [2.05, 4.69) is 13.8 Å². The van der Waals surface area contributed by atoms with Gasteiger partial charge in [0.1, 0.15) is 7.06 Å². The maximum absolute atomic E-state index is 5.36. The van der Waals surface area contributed by atoms with Gasteiger partial charge in [0.05, 0.1) is 0 Å². The maximum atomic E-state index is 5.36. The number of rotatable bonds is 10. The second kappa shape index (κ2) is 16.9. The van der Waals surface area contributed by atoms with Crippen LogP contribution in [0.4, 0.5) is 0 Å². The van der Waals surface area contributed by atoms with Crippen LogP contribution in [0.15, 0.2) is 0 Å². The van der Waals surface area contributed by atoms with E-state index in [4.69, 9.17) is 24.4 Å². The van der Waals surface area contributed by atoms with Gasteiger partial charge in [-0.15, -0.1) is 23.5 Å². The van der Waals surface area contributed by atoms with Gasteiger partial charge in [-0.1, -0.05) is 76.8 Å². The molecule has 0 aromatic rings. The van der Waals surface area contributed by atoms with Crippen LogP contribution in [0, 0.1) is 0 Å². The van der Waals surface area contributed by atoms with Gasteiger partial charge in [-0.3, -0.25) is 0 Å². The standard InChI is InChI=1S/C14H26S6/c1-3-5-7-9-11-17-13(15)19-20-14(16)18-12-10-8-6-4-2/h3-12H2,1-2H3. The van der Waals surface area contributed by atoms with Crippen molar-refractivity contribution in [3.63, 3.8) is 0 Å². The van der Waals surface area contributed by atoms with Gasteiger partial charge < -0.3 is 0 Å². The summed E-state index contributed by atoms with van der Waals surface area (Å²) >= 11 is 14.3. The lowest BCUT2D eigenvalue weighted by molar-refractivity contribution is 0.707. The third-order valence-corrected chi connectivity index (χ3v) is 9.36. The quantitative estimate of drug-likeness (QED) is 0.214. The van der Waals surface area contributed by atoms with E-state index in [0.29, 0.717) is 0 Å². The Morgan fingerprint density at radius 2 is 1.05 bits per heavy atom. The largest absolute Gasteiger partial charge is 0.115 e. The molecule has 0 aliphatic carbocycles. The van der Waals surface area contributed by atoms with E-state index in [0.717, 1.165) is 18.6 Å². The Balaban J connectivity index is 3.37. The smallest absolute Gasteiger partial charge is 0.107 e. The Labute approximate surface area is 152 Å². The molecule has 0 radical (unpaired) electrons. The molecule has 0 rings (SSSR count). The predicted octanol–water partition coefficient (Wildman–Crippen LogP) is 7.56. The molecule has 0 aliphatic rings. The summed E-state index contributed by atoms with van der Waals surface area (Å²) in [6.07, 6.45) is 10.5. The minimum Gasteiger partial charge on any atom is -0.107 e. The molecule has 6 heteroatoms. The van der Waals surface area contributed by atoms with Crippen molar-refractivity contribution in [3.8, 4) is 0 Å². The fourth-order valence-corrected chi connectivity index (χ4v) is 6.54. The molecular weight excluding hydrogens is 361 g/mol. The second-order valence-electron chi connectivity index (χ2n) is 4.48. The maximum Gasteiger partial charge on any atom is 0.115 e. The summed E-state index contributed by atoms with van der Waals surface area (Å²) in [6.45, 7) is 4.48. The Morgan fingerprint density at radius 1 is 0.650 bits per heavy atom. The fourth-order valence-electron chi connectivity index (χ4n) is 1.48. The first-order valence-corrected chi connectivity index (χ1v) is 12.3. The summed E-state index contributed by atoms with van der Waals surface area (Å²) < 4.78 is 2.06. The zero-order valence-electron chi connectivity index (χ0n) is 12.5. The van der Waals surface area contributed by atoms with Crippen molar-refractivity contribution in [1.29, 1.82) is 0 Å². The molecule has 0 N–H and O–H groups in total. The number of hydrogen-bond acceptors (Lipinski definition) is 6. The van der Waals surface area contributed by atoms with Crippen molar-refractivity contribution < 1.29 is 0 Å². The molecule has 20 heavy (non-hydrogen) atoms. The lowest BCUT2D eigenvalue weighted by Gasteiger charge is -2.04. The van der Waals surface area contributed by atoms with Crippen LogP contribution in [0.1, 0.15) is 65.2 Å². The third-order valence-electron chi connectivity index (χ3n) is 2.61. The molecule has 0 fully saturated rings. The van der Waals surface area contributed by atoms with Crippen LogP contribution < -0.4 is 0 Å². The second-order valence-corrected chi connectivity index (χ2v) is 11.2. The molecule has 0 heterocycles. The van der Waals surface area contributed by atoms with E-state index in [-0.39, 0.29) is 0 Å². The Morgan fingerprint density at radius 3 is 1.40 bits per heavy atom. The molecule has 0 unspecified atom stereocenters. The van der Waals surface area contributed by atoms with Crippen LogP contribution in [0.25, 0.3) is 0 Å². The summed E-state index contributed by atoms with van der Waals surface area (Å²) in [4.78, 5) is 0. The molecule has 0 saturated heterocycles. The molecule has 0 aromatic carbocycles. The highest BCUT2D eigenvalue weighted by Crippen LogP contribution is 2.34. The van der Waals surface area contributed by atoms with E-state index in [1.54, 1.807) is 21.6 Å². The first-order chi connectivity index (χ1) is 9.70. The van der Waals surface area contributed by atoms with Gasteiger partial charge in [-0.05, 0) is 45.9 Å². The molecule has 0 saturated carbocycles. The molecule has 0 aliphatic heterocycles. The SMILES string of the molecule is CCCCCCSC(=S)SSC(=S)SCCCCCC. The highest BCUT2D eigenvalue weighted by Gasteiger charge is 2.04. The van der Waals surface area contributed by atoms with Crippen LogP contribution >= 0.6 is 69.5 Å². The van der Waals surface area contributed by atoms with Crippen LogP contribution in [0.3, 0.4) is 0 Å². The van der Waals surface area contributed by atoms with Crippen LogP contribution in [0.5, 0.6) is 0 Å². The summed E-state index contributed by atoms with van der Waals surface area (Å²) in [6, 6.07) is 0. The van der Waals surface area contributed by atoms with E-state index in [9.17, 15) is 0 Å². The van der Waals surface area contributed by atoms with Gasteiger partial charge in [-0.2, -0.15) is 0 Å². The van der Waals surface area contributed by atoms with Crippen molar-refractivity contribution in [3.05, 3.63) is 0 Å². The molecular formula is C14H26S6. The number of thioether (sulfide) groups is 2. The Hall–Kier alpha value is 1.58. The van der Waals surface area contributed by atoms with E-state index < -0.39 is 0 Å². The van der Waals surface area contributed by atoms with Crippen molar-refractivity contribution in [1.82, 2.24) is 0 Å². The molecule has 0 amide bonds. The van der Waals surface area contributed by atoms with Gasteiger partial charge in [0.15, 0.2) is 0 Å². The lowest BCUT2D eigenvalue weighted by atomic mass is 10.2. The highest BCUT2D eigenvalue weighted by molar-refractivity contribution is 8.96. The lowest BCUT2D eigenvalue weighted by Crippen LogP contribution is -1.87. The van der Waals surface area contributed by atoms with E-state index >= 15 is 0 Å². The van der Waals surface area contributed by atoms with Crippen molar-refractivity contribution in [2.75, 3.05) is 11.5 Å². The van der Waals surface area contributed by atoms with Crippen LogP contribution in [-0.4, -0.2) is 18.6 Å². The highest BCUT2D eigenvalue weighted by atomic mass is 33.1. The number of thiocarbonyl (C=S) groups is 2. The third kappa shape index (κ3) is 16.0. The zero-order chi connectivity index (χ0) is 15.1. The number of unbranched alkanes of at least 4 members (excludes halogenated alkanes) is 6. The van der Waals surface area contributed by atoms with Crippen molar-refractivity contribution >= 4 is 76.6 Å². The van der Waals surface area contributed by atoms with Gasteiger partial charge in [0.2, 0.25) is 0 Å². The van der Waals surface area contributed by atoms with Gasteiger partial charge in [0.25, 0.3) is 0 Å². The fraction of sp³-hybridized carbons (Fsp3) is 0.857. The monoisotopic (exact) mass is 386 g/mol. The summed E-state index contributed by atoms with van der Waals surface area (Å²) in [5.41, 5.74) is 0. The summed E-state index contributed by atoms with van der Waals surface area (Å²) in [5.74, 6) is 2.31. The summed E-state index contributed by atoms with van der Waals surface area (Å²) in [5, 5.41) is 0. The first-order valence-electron chi connectivity index (χ1n) is 7.38. The zero-order valence-corrected chi connectivity index (χ0v) is 17.4. The van der Waals surface area contributed by atoms with Crippen molar-refractivity contribution in [2.24, 2.45) is 0 Å². The molecule has 118 valence electrons. The topological polar surface area (TPSA) is 0 Å². The van der Waals surface area contributed by atoms with Crippen LogP contribution in [-0.2, 0) is 0 Å². The van der Waals surface area contributed by atoms with Gasteiger partial charge in [-0.25, -0.2) is 0 Å².